The van der Waals surface area contributed by atoms with Gasteiger partial charge >= 0.3 is 6.09 Å². The summed E-state index contributed by atoms with van der Waals surface area (Å²) in [4.78, 5) is 33.3. The summed E-state index contributed by atoms with van der Waals surface area (Å²) in [5.74, 6) is 0.695. The fourth-order valence-corrected chi connectivity index (χ4v) is 6.06. The predicted molar refractivity (Wildman–Crippen MR) is 132 cm³/mol. The highest BCUT2D eigenvalue weighted by Gasteiger charge is 2.66. The average Bonchev–Trinajstić information content (AvgIpc) is 3.14. The van der Waals surface area contributed by atoms with Crippen LogP contribution in [-0.2, 0) is 32.6 Å². The van der Waals surface area contributed by atoms with E-state index in [2.05, 4.69) is 37.4 Å². The van der Waals surface area contributed by atoms with Gasteiger partial charge in [0.25, 0.3) is 5.91 Å². The SMILES string of the molecule is COC1CCC2(CC1)Cc1ccc(CC(C)C)cc1C21N=C(NC(=O)OC(C)(C)C)N(C)C1=O. The third kappa shape index (κ3) is 4.12. The van der Waals surface area contributed by atoms with Crippen LogP contribution in [0.5, 0.6) is 0 Å². The first-order valence-corrected chi connectivity index (χ1v) is 12.4. The maximum atomic E-state index is 14.1. The molecule has 7 heteroatoms. The van der Waals surface area contributed by atoms with E-state index in [1.807, 2.05) is 20.8 Å². The lowest BCUT2D eigenvalue weighted by molar-refractivity contribution is -0.137. The number of carbonyl (C=O) groups is 2. The number of aliphatic imine (C=N–C) groups is 1. The van der Waals surface area contributed by atoms with Crippen LogP contribution in [0.25, 0.3) is 0 Å². The number of likely N-dealkylation sites (N-methyl/N-ethyl adjacent to an activating group) is 1. The normalized spacial score (nSPS) is 28.6. The van der Waals surface area contributed by atoms with Gasteiger partial charge in [0, 0.05) is 19.6 Å². The van der Waals surface area contributed by atoms with E-state index in [9.17, 15) is 9.59 Å². The molecule has 1 fully saturated rings. The van der Waals surface area contributed by atoms with Crippen molar-refractivity contribution in [1.29, 1.82) is 0 Å². The van der Waals surface area contributed by atoms with Gasteiger partial charge in [-0.3, -0.25) is 15.0 Å². The van der Waals surface area contributed by atoms with E-state index in [1.54, 1.807) is 14.2 Å². The van der Waals surface area contributed by atoms with E-state index in [4.69, 9.17) is 14.5 Å². The molecule has 1 aromatic carbocycles. The molecule has 0 aromatic heterocycles. The second-order valence-corrected chi connectivity index (χ2v) is 11.6. The number of hydrogen-bond acceptors (Lipinski definition) is 5. The Balaban J connectivity index is 1.80. The molecule has 1 unspecified atom stereocenters. The number of fused-ring (bicyclic) bond motifs is 3. The quantitative estimate of drug-likeness (QED) is 0.704. The highest BCUT2D eigenvalue weighted by molar-refractivity contribution is 6.12. The largest absolute Gasteiger partial charge is 0.444 e. The highest BCUT2D eigenvalue weighted by atomic mass is 16.6. The fraction of sp³-hybridized carbons (Fsp3) is 0.667. The number of alkyl carbamates (subject to hydrolysis) is 1. The molecule has 1 N–H and O–H groups in total. The van der Waals surface area contributed by atoms with Crippen molar-refractivity contribution in [1.82, 2.24) is 10.2 Å². The van der Waals surface area contributed by atoms with Crippen LogP contribution < -0.4 is 5.32 Å². The number of amides is 2. The first-order chi connectivity index (χ1) is 15.9. The molecule has 0 saturated heterocycles. The molecule has 2 aliphatic carbocycles. The zero-order valence-corrected chi connectivity index (χ0v) is 21.7. The number of carbonyl (C=O) groups excluding carboxylic acids is 2. The summed E-state index contributed by atoms with van der Waals surface area (Å²) >= 11 is 0. The van der Waals surface area contributed by atoms with Crippen LogP contribution in [0.2, 0.25) is 0 Å². The van der Waals surface area contributed by atoms with Crippen molar-refractivity contribution in [2.24, 2.45) is 16.3 Å². The zero-order valence-electron chi connectivity index (χ0n) is 21.7. The Morgan fingerprint density at radius 1 is 1.26 bits per heavy atom. The number of methoxy groups -OCH3 is 1. The lowest BCUT2D eigenvalue weighted by atomic mass is 9.61. The van der Waals surface area contributed by atoms with Crippen LogP contribution in [-0.4, -0.2) is 48.7 Å². The highest BCUT2D eigenvalue weighted by Crippen LogP contribution is 2.62. The second kappa shape index (κ2) is 8.67. The van der Waals surface area contributed by atoms with Gasteiger partial charge in [-0.1, -0.05) is 32.0 Å². The van der Waals surface area contributed by atoms with Gasteiger partial charge < -0.3 is 9.47 Å². The number of nitrogens with one attached hydrogen (secondary N) is 1. The Labute approximate surface area is 203 Å². The van der Waals surface area contributed by atoms with Crippen molar-refractivity contribution in [3.63, 3.8) is 0 Å². The Bertz CT molecular complexity index is 1000. The molecule has 1 aliphatic heterocycles. The van der Waals surface area contributed by atoms with Crippen molar-refractivity contribution in [2.75, 3.05) is 14.2 Å². The van der Waals surface area contributed by atoms with Crippen LogP contribution in [0.15, 0.2) is 23.2 Å². The van der Waals surface area contributed by atoms with Gasteiger partial charge in [0.05, 0.1) is 6.10 Å². The summed E-state index contributed by atoms with van der Waals surface area (Å²) in [6, 6.07) is 6.57. The molecular formula is C27H39N3O4. The number of rotatable bonds is 3. The lowest BCUT2D eigenvalue weighted by Gasteiger charge is -2.45. The molecule has 34 heavy (non-hydrogen) atoms. The van der Waals surface area contributed by atoms with Crippen LogP contribution in [0.4, 0.5) is 4.79 Å². The van der Waals surface area contributed by atoms with Gasteiger partial charge in [-0.05, 0) is 81.9 Å². The van der Waals surface area contributed by atoms with Gasteiger partial charge in [-0.2, -0.15) is 0 Å². The zero-order chi connectivity index (χ0) is 24.9. The summed E-state index contributed by atoms with van der Waals surface area (Å²) in [7, 11) is 3.45. The molecule has 2 spiro atoms. The van der Waals surface area contributed by atoms with Crippen LogP contribution in [0.3, 0.4) is 0 Å². The van der Waals surface area contributed by atoms with Crippen LogP contribution in [0, 0.1) is 11.3 Å². The molecule has 0 bridgehead atoms. The molecule has 4 rings (SSSR count). The summed E-state index contributed by atoms with van der Waals surface area (Å²) in [6.45, 7) is 9.84. The van der Waals surface area contributed by atoms with E-state index >= 15 is 0 Å². The maximum absolute atomic E-state index is 14.1. The maximum Gasteiger partial charge on any atom is 0.414 e. The number of benzene rings is 1. The number of guanidine groups is 1. The molecular weight excluding hydrogens is 430 g/mol. The third-order valence-corrected chi connectivity index (χ3v) is 7.55. The number of ether oxygens (including phenoxy) is 2. The van der Waals surface area contributed by atoms with Crippen molar-refractivity contribution in [2.45, 2.75) is 90.4 Å². The minimum absolute atomic E-state index is 0.0742. The third-order valence-electron chi connectivity index (χ3n) is 7.55. The van der Waals surface area contributed by atoms with E-state index in [-0.39, 0.29) is 23.4 Å². The monoisotopic (exact) mass is 469 g/mol. The van der Waals surface area contributed by atoms with Gasteiger partial charge in [0.15, 0.2) is 5.54 Å². The first kappa shape index (κ1) is 24.7. The van der Waals surface area contributed by atoms with Gasteiger partial charge in [0.2, 0.25) is 5.96 Å². The molecule has 0 radical (unpaired) electrons. The topological polar surface area (TPSA) is 80.2 Å². The summed E-state index contributed by atoms with van der Waals surface area (Å²) in [5.41, 5.74) is 1.40. The van der Waals surface area contributed by atoms with Gasteiger partial charge in [-0.15, -0.1) is 0 Å². The van der Waals surface area contributed by atoms with Crippen molar-refractivity contribution in [3.8, 4) is 0 Å². The van der Waals surface area contributed by atoms with Crippen LogP contribution in [0.1, 0.15) is 77.0 Å². The molecule has 1 atom stereocenters. The van der Waals surface area contributed by atoms with E-state index in [0.717, 1.165) is 44.1 Å². The molecule has 2 amide bonds. The molecule has 1 aromatic rings. The van der Waals surface area contributed by atoms with Crippen molar-refractivity contribution in [3.05, 3.63) is 34.9 Å². The van der Waals surface area contributed by atoms with Crippen molar-refractivity contribution >= 4 is 18.0 Å². The van der Waals surface area contributed by atoms with Crippen molar-refractivity contribution < 1.29 is 19.1 Å². The van der Waals surface area contributed by atoms with Gasteiger partial charge in [-0.25, -0.2) is 9.79 Å². The fourth-order valence-electron chi connectivity index (χ4n) is 6.06. The number of hydrogen-bond donors (Lipinski definition) is 1. The Hall–Kier alpha value is -2.41. The molecule has 186 valence electrons. The molecule has 3 aliphatic rings. The van der Waals surface area contributed by atoms with E-state index in [0.29, 0.717) is 5.92 Å². The minimum Gasteiger partial charge on any atom is -0.444 e. The smallest absolute Gasteiger partial charge is 0.414 e. The van der Waals surface area contributed by atoms with E-state index in [1.165, 1.54) is 16.0 Å². The lowest BCUT2D eigenvalue weighted by Crippen LogP contribution is -2.51. The minimum atomic E-state index is -1.03. The van der Waals surface area contributed by atoms with E-state index < -0.39 is 17.2 Å². The predicted octanol–water partition coefficient (Wildman–Crippen LogP) is 4.56. The summed E-state index contributed by atoms with van der Waals surface area (Å²) in [6.07, 6.45) is 4.85. The Morgan fingerprint density at radius 3 is 2.53 bits per heavy atom. The summed E-state index contributed by atoms with van der Waals surface area (Å²) in [5, 5.41) is 2.76. The second-order valence-electron chi connectivity index (χ2n) is 11.6. The standard InChI is InChI=1S/C27H39N3O4/c1-17(2)14-18-8-9-19-16-26(12-10-20(33-7)11-13-26)27(21(19)15-18)22(31)30(6)23(29-27)28-24(32)34-25(3,4)5/h8-9,15,17,20H,10-14,16H2,1-7H3,(H,28,29,32). The average molecular weight is 470 g/mol. The molecule has 1 saturated carbocycles. The Morgan fingerprint density at radius 2 is 1.94 bits per heavy atom. The van der Waals surface area contributed by atoms with Gasteiger partial charge in [0.1, 0.15) is 5.60 Å². The summed E-state index contributed by atoms with van der Waals surface area (Å²) < 4.78 is 11.1. The first-order valence-electron chi connectivity index (χ1n) is 12.4. The van der Waals surface area contributed by atoms with Crippen LogP contribution >= 0.6 is 0 Å². The number of nitrogens with zero attached hydrogens (tertiary/aromatic N) is 2. The molecule has 1 heterocycles. The molecule has 7 nitrogen and oxygen atoms in total. The Kier molecular flexibility index (Phi) is 6.30.